The monoisotopic (exact) mass is 347 g/mol. The first-order chi connectivity index (χ1) is 12.3. The van der Waals surface area contributed by atoms with Gasteiger partial charge in [-0.15, -0.1) is 6.58 Å². The summed E-state index contributed by atoms with van der Waals surface area (Å²) in [4.78, 5) is 13.8. The van der Waals surface area contributed by atoms with Crippen LogP contribution in [-0.2, 0) is 12.3 Å². The van der Waals surface area contributed by atoms with Gasteiger partial charge in [-0.1, -0.05) is 42.1 Å². The molecule has 0 radical (unpaired) electrons. The van der Waals surface area contributed by atoms with Crippen LogP contribution < -0.4 is 5.73 Å². The Labute approximate surface area is 149 Å². The van der Waals surface area contributed by atoms with Crippen molar-refractivity contribution in [3.05, 3.63) is 67.0 Å². The molecule has 0 spiro atoms. The average Bonchev–Trinajstić information content (AvgIpc) is 2.98. The summed E-state index contributed by atoms with van der Waals surface area (Å²) in [5.74, 6) is 1.83. The Morgan fingerprint density at radius 2 is 1.76 bits per heavy atom. The largest absolute Gasteiger partial charge is 0.383 e. The number of nitrogens with two attached hydrogens (primary N) is 1. The smallest absolute Gasteiger partial charge is 0.169 e. The van der Waals surface area contributed by atoms with Gasteiger partial charge in [-0.25, -0.2) is 15.0 Å². The van der Waals surface area contributed by atoms with E-state index >= 15 is 0 Å². The second-order valence-corrected chi connectivity index (χ2v) is 6.56. The average molecular weight is 347 g/mol. The van der Waals surface area contributed by atoms with Crippen LogP contribution in [0, 0.1) is 0 Å². The molecule has 0 saturated carbocycles. The lowest BCUT2D eigenvalue weighted by molar-refractivity contribution is 0.748. The first kappa shape index (κ1) is 15.7. The molecule has 2 heterocycles. The molecule has 0 bridgehead atoms. The minimum absolute atomic E-state index is 0.515. The van der Waals surface area contributed by atoms with Crippen molar-refractivity contribution >= 4 is 39.5 Å². The number of benzene rings is 2. The van der Waals surface area contributed by atoms with E-state index in [-0.39, 0.29) is 0 Å². The van der Waals surface area contributed by atoms with Gasteiger partial charge < -0.3 is 10.3 Å². The number of nitrogen functional groups attached to an aromatic ring is 1. The zero-order valence-corrected chi connectivity index (χ0v) is 14.4. The van der Waals surface area contributed by atoms with E-state index in [9.17, 15) is 0 Å². The van der Waals surface area contributed by atoms with Gasteiger partial charge in [0.15, 0.2) is 5.16 Å². The number of aromatic nitrogens is 4. The van der Waals surface area contributed by atoms with E-state index in [1.165, 1.54) is 0 Å². The number of rotatable bonds is 5. The minimum Gasteiger partial charge on any atom is -0.383 e. The first-order valence-corrected chi connectivity index (χ1v) is 8.95. The highest BCUT2D eigenvalue weighted by Crippen LogP contribution is 2.27. The summed E-state index contributed by atoms with van der Waals surface area (Å²) < 4.78 is 2.15. The normalized spacial score (nSPS) is 11.2. The predicted octanol–water partition coefficient (Wildman–Crippen LogP) is 4.04. The number of nitrogens with zero attached hydrogens (tertiary/aromatic N) is 4. The summed E-state index contributed by atoms with van der Waals surface area (Å²) in [5.41, 5.74) is 9.01. The Bertz CT molecular complexity index is 1070. The van der Waals surface area contributed by atoms with Crippen molar-refractivity contribution in [1.82, 2.24) is 19.5 Å². The van der Waals surface area contributed by atoms with Gasteiger partial charge in [0.1, 0.15) is 11.6 Å². The molecule has 0 aliphatic rings. The Morgan fingerprint density at radius 3 is 2.60 bits per heavy atom. The van der Waals surface area contributed by atoms with Crippen LogP contribution in [0.1, 0.15) is 5.82 Å². The third-order valence-corrected chi connectivity index (χ3v) is 4.91. The Kier molecular flexibility index (Phi) is 4.11. The summed E-state index contributed by atoms with van der Waals surface area (Å²) in [6.07, 6.45) is 1.88. The molecule has 2 aromatic carbocycles. The molecule has 2 aromatic heterocycles. The fraction of sp³-hybridized carbons (Fsp3) is 0.105. The fourth-order valence-corrected chi connectivity index (χ4v) is 3.69. The quantitative estimate of drug-likeness (QED) is 0.436. The molecular formula is C19H17N5S. The number of imidazole rings is 1. The molecule has 2 N–H and O–H groups in total. The van der Waals surface area contributed by atoms with Gasteiger partial charge in [-0.3, -0.25) is 0 Å². The van der Waals surface area contributed by atoms with E-state index in [4.69, 9.17) is 10.7 Å². The van der Waals surface area contributed by atoms with Crippen LogP contribution in [0.15, 0.2) is 66.3 Å². The molecule has 0 fully saturated rings. The molecule has 0 aliphatic carbocycles. The number of anilines is 1. The molecule has 0 aliphatic heterocycles. The molecule has 4 aromatic rings. The molecular weight excluding hydrogens is 330 g/mol. The first-order valence-electron chi connectivity index (χ1n) is 7.96. The van der Waals surface area contributed by atoms with E-state index in [2.05, 4.69) is 27.2 Å². The molecule has 4 rings (SSSR count). The van der Waals surface area contributed by atoms with Crippen LogP contribution in [-0.4, -0.2) is 19.5 Å². The maximum absolute atomic E-state index is 6.07. The van der Waals surface area contributed by atoms with E-state index < -0.39 is 0 Å². The number of para-hydroxylation sites is 3. The van der Waals surface area contributed by atoms with Gasteiger partial charge in [0.2, 0.25) is 0 Å². The van der Waals surface area contributed by atoms with E-state index in [1.807, 2.05) is 48.5 Å². The molecule has 25 heavy (non-hydrogen) atoms. The van der Waals surface area contributed by atoms with Crippen LogP contribution in [0.4, 0.5) is 5.82 Å². The third-order valence-electron chi connectivity index (χ3n) is 3.94. The zero-order chi connectivity index (χ0) is 17.2. The van der Waals surface area contributed by atoms with Gasteiger partial charge in [0, 0.05) is 11.9 Å². The van der Waals surface area contributed by atoms with Gasteiger partial charge in [0.05, 0.1) is 22.3 Å². The number of thioether (sulfide) groups is 1. The SMILES string of the molecule is C=CCn1c(SCc2nc(N)c3ccccc3n2)nc2ccccc21. The number of allylic oxidation sites excluding steroid dienone is 1. The van der Waals surface area contributed by atoms with Crippen LogP contribution >= 0.6 is 11.8 Å². The standard InChI is InChI=1S/C19H17N5S/c1-2-11-24-16-10-6-5-9-15(16)22-19(24)25-12-17-21-14-8-4-3-7-13(14)18(20)23-17/h2-10H,1,11-12H2,(H2,20,21,23). The molecule has 5 nitrogen and oxygen atoms in total. The third kappa shape index (κ3) is 2.96. The lowest BCUT2D eigenvalue weighted by Gasteiger charge is -2.07. The van der Waals surface area contributed by atoms with E-state index in [1.54, 1.807) is 11.8 Å². The van der Waals surface area contributed by atoms with Crippen molar-refractivity contribution < 1.29 is 0 Å². The van der Waals surface area contributed by atoms with Gasteiger partial charge in [0.25, 0.3) is 0 Å². The van der Waals surface area contributed by atoms with Gasteiger partial charge >= 0.3 is 0 Å². The van der Waals surface area contributed by atoms with Gasteiger partial charge in [-0.2, -0.15) is 0 Å². The van der Waals surface area contributed by atoms with Crippen LogP contribution in [0.5, 0.6) is 0 Å². The predicted molar refractivity (Wildman–Crippen MR) is 103 cm³/mol. The highest BCUT2D eigenvalue weighted by atomic mass is 32.2. The van der Waals surface area contributed by atoms with Crippen molar-refractivity contribution in [2.75, 3.05) is 5.73 Å². The highest BCUT2D eigenvalue weighted by molar-refractivity contribution is 7.98. The molecule has 0 unspecified atom stereocenters. The van der Waals surface area contributed by atoms with E-state index in [0.29, 0.717) is 23.9 Å². The fourth-order valence-electron chi connectivity index (χ4n) is 2.81. The van der Waals surface area contributed by atoms with Crippen LogP contribution in [0.3, 0.4) is 0 Å². The summed E-state index contributed by atoms with van der Waals surface area (Å²) in [6.45, 7) is 4.56. The molecule has 6 heteroatoms. The molecule has 124 valence electrons. The Morgan fingerprint density at radius 1 is 1.00 bits per heavy atom. The maximum atomic E-state index is 6.07. The lowest BCUT2D eigenvalue weighted by Crippen LogP contribution is -2.01. The number of hydrogen-bond acceptors (Lipinski definition) is 5. The Hall–Kier alpha value is -2.86. The molecule has 0 amide bonds. The minimum atomic E-state index is 0.515. The topological polar surface area (TPSA) is 69.6 Å². The van der Waals surface area contributed by atoms with Crippen molar-refractivity contribution in [2.24, 2.45) is 0 Å². The molecule has 0 saturated heterocycles. The van der Waals surface area contributed by atoms with Crippen molar-refractivity contribution in [2.45, 2.75) is 17.5 Å². The summed E-state index contributed by atoms with van der Waals surface area (Å²) in [5, 5.41) is 1.81. The van der Waals surface area contributed by atoms with E-state index in [0.717, 1.165) is 27.1 Å². The van der Waals surface area contributed by atoms with Crippen molar-refractivity contribution in [3.8, 4) is 0 Å². The van der Waals surface area contributed by atoms with Crippen molar-refractivity contribution in [1.29, 1.82) is 0 Å². The van der Waals surface area contributed by atoms with Crippen LogP contribution in [0.2, 0.25) is 0 Å². The summed E-state index contributed by atoms with van der Waals surface area (Å²) in [6, 6.07) is 15.9. The lowest BCUT2D eigenvalue weighted by atomic mass is 10.2. The van der Waals surface area contributed by atoms with Crippen LogP contribution in [0.25, 0.3) is 21.9 Å². The molecule has 0 atom stereocenters. The van der Waals surface area contributed by atoms with Gasteiger partial charge in [-0.05, 0) is 24.3 Å². The second kappa shape index (κ2) is 6.57. The summed E-state index contributed by atoms with van der Waals surface area (Å²) in [7, 11) is 0. The number of hydrogen-bond donors (Lipinski definition) is 1. The summed E-state index contributed by atoms with van der Waals surface area (Å²) >= 11 is 1.61. The maximum Gasteiger partial charge on any atom is 0.169 e. The highest BCUT2D eigenvalue weighted by Gasteiger charge is 2.12. The van der Waals surface area contributed by atoms with Crippen molar-refractivity contribution in [3.63, 3.8) is 0 Å². The number of fused-ring (bicyclic) bond motifs is 2. The Balaban J connectivity index is 1.66. The zero-order valence-electron chi connectivity index (χ0n) is 13.6. The second-order valence-electron chi connectivity index (χ2n) is 5.61.